The number of methoxy groups -OCH3 is 1. The number of hydrogen-bond donors (Lipinski definition) is 3. The first-order chi connectivity index (χ1) is 13.4. The van der Waals surface area contributed by atoms with E-state index in [1.807, 2.05) is 0 Å². The number of carbonyl (C=O) groups excluding carboxylic acids is 3. The van der Waals surface area contributed by atoms with Crippen LogP contribution in [0.4, 0.5) is 0 Å². The van der Waals surface area contributed by atoms with Gasteiger partial charge in [0.1, 0.15) is 0 Å². The number of esters is 1. The number of hydrazine groups is 1. The molecule has 3 N–H and O–H groups in total. The van der Waals surface area contributed by atoms with Crippen molar-refractivity contribution in [2.24, 2.45) is 0 Å². The molecule has 0 aliphatic heterocycles. The second-order valence-electron chi connectivity index (χ2n) is 5.65. The summed E-state index contributed by atoms with van der Waals surface area (Å²) < 4.78 is 9.96. The molecule has 8 heteroatoms. The lowest BCUT2D eigenvalue weighted by Crippen LogP contribution is -2.46. The van der Waals surface area contributed by atoms with Crippen molar-refractivity contribution in [1.82, 2.24) is 10.9 Å². The fourth-order valence-electron chi connectivity index (χ4n) is 2.11. The van der Waals surface area contributed by atoms with E-state index in [4.69, 9.17) is 9.47 Å². The summed E-state index contributed by atoms with van der Waals surface area (Å²) in [5, 5.41) is 9.54. The predicted octanol–water partition coefficient (Wildman–Crippen LogP) is 1.81. The van der Waals surface area contributed by atoms with Crippen molar-refractivity contribution in [1.29, 1.82) is 0 Å². The molecule has 0 heterocycles. The summed E-state index contributed by atoms with van der Waals surface area (Å²) in [6.07, 6.45) is 1.46. The van der Waals surface area contributed by atoms with Gasteiger partial charge in [-0.2, -0.15) is 0 Å². The number of ether oxygens (including phenoxy) is 2. The van der Waals surface area contributed by atoms with E-state index in [1.165, 1.54) is 32.2 Å². The van der Waals surface area contributed by atoms with Gasteiger partial charge in [-0.05, 0) is 42.8 Å². The third-order valence-corrected chi connectivity index (χ3v) is 3.61. The lowest BCUT2D eigenvalue weighted by molar-refractivity contribution is -0.150. The highest BCUT2D eigenvalue weighted by Gasteiger charge is 2.17. The Morgan fingerprint density at radius 2 is 1.79 bits per heavy atom. The van der Waals surface area contributed by atoms with Gasteiger partial charge in [-0.25, -0.2) is 4.79 Å². The third-order valence-electron chi connectivity index (χ3n) is 3.61. The number of aromatic hydroxyl groups is 1. The first kappa shape index (κ1) is 20.5. The molecule has 2 amide bonds. The zero-order chi connectivity index (χ0) is 20.5. The van der Waals surface area contributed by atoms with Gasteiger partial charge in [0.05, 0.1) is 7.11 Å². The summed E-state index contributed by atoms with van der Waals surface area (Å²) in [5.41, 5.74) is 5.41. The van der Waals surface area contributed by atoms with Crippen LogP contribution in [0.15, 0.2) is 54.6 Å². The molecule has 1 atom stereocenters. The molecular formula is C20H20N2O6. The molecule has 28 heavy (non-hydrogen) atoms. The third kappa shape index (κ3) is 5.87. The maximum atomic E-state index is 11.9. The minimum Gasteiger partial charge on any atom is -0.504 e. The summed E-state index contributed by atoms with van der Waals surface area (Å²) in [6.45, 7) is 1.37. The van der Waals surface area contributed by atoms with E-state index in [1.54, 1.807) is 36.4 Å². The highest BCUT2D eigenvalue weighted by molar-refractivity contribution is 5.96. The number of amides is 2. The highest BCUT2D eigenvalue weighted by Crippen LogP contribution is 2.26. The highest BCUT2D eigenvalue weighted by atomic mass is 16.5. The monoisotopic (exact) mass is 384 g/mol. The van der Waals surface area contributed by atoms with Crippen LogP contribution in [-0.2, 0) is 14.3 Å². The maximum absolute atomic E-state index is 11.9. The lowest BCUT2D eigenvalue weighted by atomic mass is 10.2. The summed E-state index contributed by atoms with van der Waals surface area (Å²) >= 11 is 0. The van der Waals surface area contributed by atoms with E-state index < -0.39 is 23.9 Å². The van der Waals surface area contributed by atoms with Crippen LogP contribution in [0.3, 0.4) is 0 Å². The predicted molar refractivity (Wildman–Crippen MR) is 101 cm³/mol. The first-order valence-corrected chi connectivity index (χ1v) is 8.31. The van der Waals surface area contributed by atoms with Crippen LogP contribution in [0.2, 0.25) is 0 Å². The Balaban J connectivity index is 1.84. The summed E-state index contributed by atoms with van der Waals surface area (Å²) in [7, 11) is 1.41. The molecular weight excluding hydrogens is 364 g/mol. The SMILES string of the molecule is COc1cc(/C=C/C(=O)O[C@@H](C)C(=O)NNC(=O)c2ccccc2)ccc1O. The van der Waals surface area contributed by atoms with Crippen LogP contribution < -0.4 is 15.6 Å². The van der Waals surface area contributed by atoms with Crippen molar-refractivity contribution in [3.63, 3.8) is 0 Å². The van der Waals surface area contributed by atoms with Crippen molar-refractivity contribution < 1.29 is 29.0 Å². The molecule has 0 radical (unpaired) electrons. The summed E-state index contributed by atoms with van der Waals surface area (Å²) in [5.74, 6) is -1.68. The van der Waals surface area contributed by atoms with Gasteiger partial charge in [-0.3, -0.25) is 20.4 Å². The fraction of sp³-hybridized carbons (Fsp3) is 0.150. The Kier molecular flexibility index (Phi) is 7.15. The Bertz CT molecular complexity index is 880. The van der Waals surface area contributed by atoms with Crippen LogP contribution in [0, 0.1) is 0 Å². The van der Waals surface area contributed by atoms with Gasteiger partial charge in [-0.15, -0.1) is 0 Å². The van der Waals surface area contributed by atoms with Crippen LogP contribution in [-0.4, -0.2) is 36.1 Å². The first-order valence-electron chi connectivity index (χ1n) is 8.31. The molecule has 0 aromatic heterocycles. The topological polar surface area (TPSA) is 114 Å². The fourth-order valence-corrected chi connectivity index (χ4v) is 2.11. The van der Waals surface area contributed by atoms with E-state index in [0.29, 0.717) is 11.1 Å². The molecule has 2 aromatic rings. The molecule has 0 unspecified atom stereocenters. The average Bonchev–Trinajstić information content (AvgIpc) is 2.71. The summed E-state index contributed by atoms with van der Waals surface area (Å²) in [6, 6.07) is 12.9. The van der Waals surface area contributed by atoms with Crippen LogP contribution in [0.1, 0.15) is 22.8 Å². The largest absolute Gasteiger partial charge is 0.504 e. The van der Waals surface area contributed by atoms with E-state index in [2.05, 4.69) is 10.9 Å². The van der Waals surface area contributed by atoms with E-state index in [9.17, 15) is 19.5 Å². The molecule has 0 aliphatic carbocycles. The average molecular weight is 384 g/mol. The number of benzene rings is 2. The van der Waals surface area contributed by atoms with Crippen LogP contribution in [0.25, 0.3) is 6.08 Å². The molecule has 0 bridgehead atoms. The van der Waals surface area contributed by atoms with Gasteiger partial charge in [0.25, 0.3) is 11.8 Å². The second-order valence-corrected chi connectivity index (χ2v) is 5.65. The molecule has 2 aromatic carbocycles. The minimum absolute atomic E-state index is 0.0231. The van der Waals surface area contributed by atoms with Gasteiger partial charge in [-0.1, -0.05) is 24.3 Å². The van der Waals surface area contributed by atoms with Crippen molar-refractivity contribution in [3.05, 3.63) is 65.7 Å². The Morgan fingerprint density at radius 1 is 1.07 bits per heavy atom. The zero-order valence-electron chi connectivity index (χ0n) is 15.3. The molecule has 2 rings (SSSR count). The Labute approximate surface area is 161 Å². The quantitative estimate of drug-likeness (QED) is 0.398. The molecule has 146 valence electrons. The number of phenols is 1. The van der Waals surface area contributed by atoms with Crippen molar-refractivity contribution >= 4 is 23.9 Å². The standard InChI is InChI=1S/C20H20N2O6/c1-13(19(25)21-22-20(26)15-6-4-3-5-7-15)28-18(24)11-9-14-8-10-16(23)17(12-14)27-2/h3-13,23H,1-2H3,(H,21,25)(H,22,26)/b11-9+/t13-/m0/s1. The van der Waals surface area contributed by atoms with Gasteiger partial charge in [0.15, 0.2) is 17.6 Å². The number of carbonyl (C=O) groups is 3. The van der Waals surface area contributed by atoms with Crippen molar-refractivity contribution in [3.8, 4) is 11.5 Å². The zero-order valence-corrected chi connectivity index (χ0v) is 15.3. The summed E-state index contributed by atoms with van der Waals surface area (Å²) in [4.78, 5) is 35.7. The van der Waals surface area contributed by atoms with Crippen LogP contribution >= 0.6 is 0 Å². The molecule has 0 fully saturated rings. The van der Waals surface area contributed by atoms with Crippen molar-refractivity contribution in [2.75, 3.05) is 7.11 Å². The molecule has 0 aliphatic rings. The van der Waals surface area contributed by atoms with E-state index in [-0.39, 0.29) is 11.5 Å². The molecule has 0 spiro atoms. The Hall–Kier alpha value is -3.81. The number of nitrogens with one attached hydrogen (secondary N) is 2. The lowest BCUT2D eigenvalue weighted by Gasteiger charge is -2.13. The molecule has 0 saturated carbocycles. The van der Waals surface area contributed by atoms with Gasteiger partial charge in [0.2, 0.25) is 0 Å². The van der Waals surface area contributed by atoms with E-state index in [0.717, 1.165) is 6.08 Å². The smallest absolute Gasteiger partial charge is 0.331 e. The van der Waals surface area contributed by atoms with Gasteiger partial charge < -0.3 is 14.6 Å². The number of phenolic OH excluding ortho intramolecular Hbond substituents is 1. The van der Waals surface area contributed by atoms with Crippen LogP contribution in [0.5, 0.6) is 11.5 Å². The number of hydrogen-bond acceptors (Lipinski definition) is 6. The Morgan fingerprint density at radius 3 is 2.46 bits per heavy atom. The normalized spacial score (nSPS) is 11.5. The van der Waals surface area contributed by atoms with Gasteiger partial charge in [0, 0.05) is 11.6 Å². The second kappa shape index (κ2) is 9.77. The minimum atomic E-state index is -1.12. The molecule has 0 saturated heterocycles. The van der Waals surface area contributed by atoms with E-state index >= 15 is 0 Å². The molecule has 8 nitrogen and oxygen atoms in total. The van der Waals surface area contributed by atoms with Gasteiger partial charge >= 0.3 is 5.97 Å². The maximum Gasteiger partial charge on any atom is 0.331 e. The van der Waals surface area contributed by atoms with Crippen molar-refractivity contribution in [2.45, 2.75) is 13.0 Å². The number of rotatable bonds is 6.